The van der Waals surface area contributed by atoms with Crippen molar-refractivity contribution in [3.63, 3.8) is 0 Å². The minimum absolute atomic E-state index is 0.0951. The molecule has 2 aromatic rings. The van der Waals surface area contributed by atoms with Crippen molar-refractivity contribution in [3.05, 3.63) is 58.1 Å². The number of hydrogen-bond acceptors (Lipinski definition) is 3. The Morgan fingerprint density at radius 2 is 1.80 bits per heavy atom. The van der Waals surface area contributed by atoms with Crippen LogP contribution in [0.25, 0.3) is 0 Å². The highest BCUT2D eigenvalue weighted by atomic mass is 79.9. The number of carbonyl (C=O) groups excluding carboxylic acids is 2. The minimum atomic E-state index is -0.266. The lowest BCUT2D eigenvalue weighted by molar-refractivity contribution is -0.118. The molecule has 2 aromatic carbocycles. The van der Waals surface area contributed by atoms with E-state index in [1.165, 1.54) is 5.56 Å². The largest absolute Gasteiger partial charge is 0.483 e. The van der Waals surface area contributed by atoms with Gasteiger partial charge in [-0.15, -0.1) is 0 Å². The van der Waals surface area contributed by atoms with E-state index in [-0.39, 0.29) is 18.4 Å². The molecule has 0 atom stereocenters. The van der Waals surface area contributed by atoms with Gasteiger partial charge in [0.2, 0.25) is 0 Å². The standard InChI is InChI=1S/C19H21BrN2O3/c1-3-13-5-10-17(16(20)11-13)25-12-18(23)22-15-8-6-14(7-9-15)19(24)21-4-2/h5-11H,3-4,12H2,1-2H3,(H,21,24)(H,22,23). The van der Waals surface area contributed by atoms with Crippen LogP contribution >= 0.6 is 15.9 Å². The molecule has 5 nitrogen and oxygen atoms in total. The zero-order chi connectivity index (χ0) is 18.2. The van der Waals surface area contributed by atoms with Crippen LogP contribution in [0.1, 0.15) is 29.8 Å². The van der Waals surface area contributed by atoms with Gasteiger partial charge in [0.1, 0.15) is 5.75 Å². The fraction of sp³-hybridized carbons (Fsp3) is 0.263. The lowest BCUT2D eigenvalue weighted by atomic mass is 10.2. The number of anilines is 1. The molecule has 6 heteroatoms. The van der Waals surface area contributed by atoms with Gasteiger partial charge in [-0.1, -0.05) is 13.0 Å². The summed E-state index contributed by atoms with van der Waals surface area (Å²) in [6, 6.07) is 12.5. The van der Waals surface area contributed by atoms with Crippen LogP contribution < -0.4 is 15.4 Å². The summed E-state index contributed by atoms with van der Waals surface area (Å²) in [6.07, 6.45) is 0.936. The molecule has 0 spiro atoms. The summed E-state index contributed by atoms with van der Waals surface area (Å²) in [5.41, 5.74) is 2.36. The van der Waals surface area contributed by atoms with Gasteiger partial charge >= 0.3 is 0 Å². The zero-order valence-corrected chi connectivity index (χ0v) is 15.9. The molecule has 0 aliphatic carbocycles. The molecule has 0 aliphatic rings. The number of ether oxygens (including phenoxy) is 1. The van der Waals surface area contributed by atoms with Crippen LogP contribution in [0.15, 0.2) is 46.9 Å². The molecule has 2 amide bonds. The smallest absolute Gasteiger partial charge is 0.262 e. The maximum absolute atomic E-state index is 12.0. The molecule has 0 aliphatic heterocycles. The number of aryl methyl sites for hydroxylation is 1. The predicted octanol–water partition coefficient (Wildman–Crippen LogP) is 3.78. The van der Waals surface area contributed by atoms with E-state index in [0.717, 1.165) is 10.9 Å². The molecule has 25 heavy (non-hydrogen) atoms. The molecule has 2 rings (SSSR count). The zero-order valence-electron chi connectivity index (χ0n) is 14.3. The van der Waals surface area contributed by atoms with Crippen LogP contribution in [0, 0.1) is 0 Å². The van der Waals surface area contributed by atoms with E-state index in [0.29, 0.717) is 23.5 Å². The summed E-state index contributed by atoms with van der Waals surface area (Å²) < 4.78 is 6.37. The van der Waals surface area contributed by atoms with Gasteiger partial charge in [0.15, 0.2) is 6.61 Å². The van der Waals surface area contributed by atoms with E-state index in [9.17, 15) is 9.59 Å². The molecule has 2 N–H and O–H groups in total. The Hall–Kier alpha value is -2.34. The van der Waals surface area contributed by atoms with E-state index in [4.69, 9.17) is 4.74 Å². The van der Waals surface area contributed by atoms with E-state index >= 15 is 0 Å². The number of hydrogen-bond donors (Lipinski definition) is 2. The molecule has 0 radical (unpaired) electrons. The predicted molar refractivity (Wildman–Crippen MR) is 102 cm³/mol. The lowest BCUT2D eigenvalue weighted by Gasteiger charge is -2.10. The first-order chi connectivity index (χ1) is 12.0. The summed E-state index contributed by atoms with van der Waals surface area (Å²) in [6.45, 7) is 4.42. The van der Waals surface area contributed by atoms with Crippen molar-refractivity contribution < 1.29 is 14.3 Å². The van der Waals surface area contributed by atoms with Gasteiger partial charge < -0.3 is 15.4 Å². The first kappa shape index (κ1) is 19.0. The van der Waals surface area contributed by atoms with E-state index < -0.39 is 0 Å². The molecule has 0 saturated carbocycles. The third-order valence-corrected chi connectivity index (χ3v) is 4.15. The number of halogens is 1. The van der Waals surface area contributed by atoms with Crippen molar-refractivity contribution in [1.82, 2.24) is 5.32 Å². The Balaban J connectivity index is 1.89. The van der Waals surface area contributed by atoms with Crippen molar-refractivity contribution in [2.45, 2.75) is 20.3 Å². The van der Waals surface area contributed by atoms with Crippen LogP contribution in [0.2, 0.25) is 0 Å². The van der Waals surface area contributed by atoms with Gasteiger partial charge in [-0.3, -0.25) is 9.59 Å². The summed E-state index contributed by atoms with van der Waals surface area (Å²) in [7, 11) is 0. The monoisotopic (exact) mass is 404 g/mol. The normalized spacial score (nSPS) is 10.2. The lowest BCUT2D eigenvalue weighted by Crippen LogP contribution is -2.23. The summed E-state index contributed by atoms with van der Waals surface area (Å²) in [5.74, 6) is 0.222. The summed E-state index contributed by atoms with van der Waals surface area (Å²) in [4.78, 5) is 23.7. The second-order valence-corrected chi connectivity index (χ2v) is 6.25. The highest BCUT2D eigenvalue weighted by Crippen LogP contribution is 2.26. The first-order valence-corrected chi connectivity index (χ1v) is 8.92. The summed E-state index contributed by atoms with van der Waals surface area (Å²) in [5, 5.41) is 5.46. The maximum Gasteiger partial charge on any atom is 0.262 e. The molecule has 0 heterocycles. The van der Waals surface area contributed by atoms with Crippen molar-refractivity contribution in [2.24, 2.45) is 0 Å². The Bertz CT molecular complexity index is 745. The van der Waals surface area contributed by atoms with Gasteiger partial charge in [0.05, 0.1) is 4.47 Å². The van der Waals surface area contributed by atoms with Gasteiger partial charge in [-0.25, -0.2) is 0 Å². The molecule has 132 valence electrons. The molecular weight excluding hydrogens is 384 g/mol. The number of carbonyl (C=O) groups is 2. The van der Waals surface area contributed by atoms with Crippen LogP contribution in [-0.2, 0) is 11.2 Å². The van der Waals surface area contributed by atoms with Crippen LogP contribution in [0.5, 0.6) is 5.75 Å². The highest BCUT2D eigenvalue weighted by molar-refractivity contribution is 9.10. The average molecular weight is 405 g/mol. The van der Waals surface area contributed by atoms with Crippen LogP contribution in [0.4, 0.5) is 5.69 Å². The van der Waals surface area contributed by atoms with E-state index in [1.54, 1.807) is 24.3 Å². The van der Waals surface area contributed by atoms with Gasteiger partial charge in [0.25, 0.3) is 11.8 Å². The van der Waals surface area contributed by atoms with Crippen LogP contribution in [0.3, 0.4) is 0 Å². The molecule has 0 fully saturated rings. The average Bonchev–Trinajstić information content (AvgIpc) is 2.61. The van der Waals surface area contributed by atoms with Crippen molar-refractivity contribution in [3.8, 4) is 5.75 Å². The molecule has 0 saturated heterocycles. The Labute approximate surface area is 155 Å². The van der Waals surface area contributed by atoms with Crippen molar-refractivity contribution >= 4 is 33.4 Å². The van der Waals surface area contributed by atoms with Gasteiger partial charge in [-0.2, -0.15) is 0 Å². The highest BCUT2D eigenvalue weighted by Gasteiger charge is 2.08. The Kier molecular flexibility index (Phi) is 7.01. The number of nitrogens with one attached hydrogen (secondary N) is 2. The van der Waals surface area contributed by atoms with Crippen LogP contribution in [-0.4, -0.2) is 25.0 Å². The second kappa shape index (κ2) is 9.22. The Morgan fingerprint density at radius 3 is 2.40 bits per heavy atom. The molecule has 0 aromatic heterocycles. The third kappa shape index (κ3) is 5.60. The van der Waals surface area contributed by atoms with E-state index in [1.807, 2.05) is 25.1 Å². The quantitative estimate of drug-likeness (QED) is 0.737. The Morgan fingerprint density at radius 1 is 1.08 bits per heavy atom. The summed E-state index contributed by atoms with van der Waals surface area (Å²) >= 11 is 3.44. The molecule has 0 bridgehead atoms. The minimum Gasteiger partial charge on any atom is -0.483 e. The van der Waals surface area contributed by atoms with E-state index in [2.05, 4.69) is 33.5 Å². The first-order valence-electron chi connectivity index (χ1n) is 8.12. The fourth-order valence-corrected chi connectivity index (χ4v) is 2.73. The number of rotatable bonds is 7. The maximum atomic E-state index is 12.0. The van der Waals surface area contributed by atoms with Gasteiger partial charge in [-0.05, 0) is 71.2 Å². The second-order valence-electron chi connectivity index (χ2n) is 5.39. The third-order valence-electron chi connectivity index (χ3n) is 3.53. The van der Waals surface area contributed by atoms with Crippen molar-refractivity contribution in [2.75, 3.05) is 18.5 Å². The topological polar surface area (TPSA) is 67.4 Å². The molecule has 0 unspecified atom stereocenters. The fourth-order valence-electron chi connectivity index (χ4n) is 2.19. The van der Waals surface area contributed by atoms with Crippen molar-refractivity contribution in [1.29, 1.82) is 0 Å². The number of amides is 2. The van der Waals surface area contributed by atoms with Gasteiger partial charge in [0, 0.05) is 17.8 Å². The molecular formula is C19H21BrN2O3. The number of benzene rings is 2. The SMILES string of the molecule is CCNC(=O)c1ccc(NC(=O)COc2ccc(CC)cc2Br)cc1.